The van der Waals surface area contributed by atoms with Crippen molar-refractivity contribution in [1.82, 2.24) is 14.9 Å². The summed E-state index contributed by atoms with van der Waals surface area (Å²) >= 11 is 0.947. The van der Waals surface area contributed by atoms with Crippen LogP contribution >= 0.6 is 11.5 Å². The minimum Gasteiger partial charge on any atom is -0.267 e. The van der Waals surface area contributed by atoms with Crippen molar-refractivity contribution in [3.63, 3.8) is 0 Å². The number of nitrogens with zero attached hydrogens (tertiary/aromatic N) is 3. The van der Waals surface area contributed by atoms with Crippen molar-refractivity contribution >= 4 is 17.4 Å². The number of hydrogen-bond donors (Lipinski definition) is 1. The molecule has 0 atom stereocenters. The first kappa shape index (κ1) is 6.64. The van der Waals surface area contributed by atoms with E-state index in [-0.39, 0.29) is 0 Å². The smallest absolute Gasteiger partial charge is 0.267 e. The Balaban J connectivity index is 2.71. The van der Waals surface area contributed by atoms with Crippen LogP contribution in [0.1, 0.15) is 9.67 Å². The molecule has 0 saturated heterocycles. The summed E-state index contributed by atoms with van der Waals surface area (Å²) in [4.78, 5) is 11.0. The zero-order valence-corrected chi connectivity index (χ0v) is 5.55. The van der Waals surface area contributed by atoms with Crippen LogP contribution in [0.5, 0.6) is 0 Å². The lowest BCUT2D eigenvalue weighted by Gasteiger charge is -1.85. The Morgan fingerprint density at radius 3 is 3.20 bits per heavy atom. The van der Waals surface area contributed by atoms with E-state index in [2.05, 4.69) is 9.59 Å². The highest BCUT2D eigenvalue weighted by Gasteiger charge is 2.05. The summed E-state index contributed by atoms with van der Waals surface area (Å²) in [5, 5.41) is 13.4. The number of nitrogens with one attached hydrogen (secondary N) is 1. The van der Waals surface area contributed by atoms with Gasteiger partial charge in [-0.1, -0.05) is 4.49 Å². The number of amides is 1. The van der Waals surface area contributed by atoms with E-state index in [1.807, 2.05) is 5.32 Å². The molecule has 5 nitrogen and oxygen atoms in total. The third-order valence-corrected chi connectivity index (χ3v) is 1.42. The zero-order valence-electron chi connectivity index (χ0n) is 4.74. The molecule has 0 aromatic carbocycles. The molecule has 1 amide bonds. The van der Waals surface area contributed by atoms with E-state index in [4.69, 9.17) is 5.26 Å². The molecule has 0 aliphatic rings. The molecular weight excluding hydrogens is 152 g/mol. The normalized spacial score (nSPS) is 8.30. The molecular formula is C4H2N4OS. The average Bonchev–Trinajstić information content (AvgIpc) is 2.38. The standard InChI is InChI=1S/C4H2N4OS/c5-2-6-4(9)3-1-7-8-10-3/h1H,(H,6,9). The van der Waals surface area contributed by atoms with Gasteiger partial charge in [0.2, 0.25) is 0 Å². The van der Waals surface area contributed by atoms with Crippen molar-refractivity contribution < 1.29 is 4.79 Å². The maximum absolute atomic E-state index is 10.7. The molecule has 50 valence electrons. The summed E-state index contributed by atoms with van der Waals surface area (Å²) in [6.07, 6.45) is 2.81. The Morgan fingerprint density at radius 1 is 1.90 bits per heavy atom. The van der Waals surface area contributed by atoms with E-state index >= 15 is 0 Å². The number of rotatable bonds is 1. The summed E-state index contributed by atoms with van der Waals surface area (Å²) in [6.45, 7) is 0. The molecule has 1 heterocycles. The minimum atomic E-state index is -0.461. The number of nitriles is 1. The van der Waals surface area contributed by atoms with Crippen molar-refractivity contribution in [3.8, 4) is 6.19 Å². The Hall–Kier alpha value is -1.48. The second kappa shape index (κ2) is 2.89. The van der Waals surface area contributed by atoms with E-state index in [1.165, 1.54) is 12.4 Å². The molecule has 0 radical (unpaired) electrons. The predicted molar refractivity (Wildman–Crippen MR) is 33.0 cm³/mol. The minimum absolute atomic E-state index is 0.335. The van der Waals surface area contributed by atoms with Gasteiger partial charge in [-0.25, -0.2) is 0 Å². The summed E-state index contributed by atoms with van der Waals surface area (Å²) in [5.74, 6) is -0.461. The van der Waals surface area contributed by atoms with Crippen molar-refractivity contribution in [2.24, 2.45) is 0 Å². The maximum atomic E-state index is 10.7. The number of carbonyl (C=O) groups excluding carboxylic acids is 1. The summed E-state index contributed by atoms with van der Waals surface area (Å²) < 4.78 is 3.45. The first-order valence-corrected chi connectivity index (χ1v) is 3.08. The van der Waals surface area contributed by atoms with Gasteiger partial charge in [0.1, 0.15) is 4.88 Å². The lowest BCUT2D eigenvalue weighted by atomic mass is 10.5. The van der Waals surface area contributed by atoms with E-state index in [0.29, 0.717) is 4.88 Å². The van der Waals surface area contributed by atoms with Crippen molar-refractivity contribution in [2.45, 2.75) is 0 Å². The summed E-state index contributed by atoms with van der Waals surface area (Å²) in [7, 11) is 0. The van der Waals surface area contributed by atoms with Crippen molar-refractivity contribution in [1.29, 1.82) is 5.26 Å². The molecule has 0 spiro atoms. The molecule has 10 heavy (non-hydrogen) atoms. The zero-order chi connectivity index (χ0) is 7.40. The highest BCUT2D eigenvalue weighted by atomic mass is 32.1. The molecule has 1 rings (SSSR count). The molecule has 0 fully saturated rings. The Labute approximate surface area is 60.5 Å². The van der Waals surface area contributed by atoms with Crippen molar-refractivity contribution in [2.75, 3.05) is 0 Å². The van der Waals surface area contributed by atoms with Gasteiger partial charge >= 0.3 is 0 Å². The topological polar surface area (TPSA) is 78.7 Å². The fraction of sp³-hybridized carbons (Fsp3) is 0. The number of carbonyl (C=O) groups is 1. The third-order valence-electron chi connectivity index (χ3n) is 0.755. The largest absolute Gasteiger partial charge is 0.277 e. The van der Waals surface area contributed by atoms with Crippen LogP contribution in [0.3, 0.4) is 0 Å². The third kappa shape index (κ3) is 1.27. The molecule has 0 unspecified atom stereocenters. The maximum Gasteiger partial charge on any atom is 0.277 e. The van der Waals surface area contributed by atoms with Crippen LogP contribution in [0.2, 0.25) is 0 Å². The van der Waals surface area contributed by atoms with E-state index in [9.17, 15) is 4.79 Å². The van der Waals surface area contributed by atoms with Gasteiger partial charge in [-0.3, -0.25) is 10.1 Å². The summed E-state index contributed by atoms with van der Waals surface area (Å²) in [5.41, 5.74) is 0. The number of hydrogen-bond acceptors (Lipinski definition) is 5. The van der Waals surface area contributed by atoms with Gasteiger partial charge in [0.15, 0.2) is 6.19 Å². The molecule has 0 saturated carbocycles. The fourth-order valence-corrected chi connectivity index (χ4v) is 0.790. The first-order chi connectivity index (χ1) is 4.84. The van der Waals surface area contributed by atoms with Gasteiger partial charge in [-0.2, -0.15) is 5.26 Å². The number of aromatic nitrogens is 2. The van der Waals surface area contributed by atoms with E-state index in [0.717, 1.165) is 11.5 Å². The van der Waals surface area contributed by atoms with Gasteiger partial charge in [0, 0.05) is 0 Å². The van der Waals surface area contributed by atoms with Crippen LogP contribution in [-0.4, -0.2) is 15.5 Å². The van der Waals surface area contributed by atoms with Crippen LogP contribution in [0, 0.1) is 11.5 Å². The Kier molecular flexibility index (Phi) is 1.92. The van der Waals surface area contributed by atoms with Gasteiger partial charge < -0.3 is 0 Å². The molecule has 1 aromatic heterocycles. The predicted octanol–water partition coefficient (Wildman–Crippen LogP) is -0.251. The van der Waals surface area contributed by atoms with E-state index < -0.39 is 5.91 Å². The van der Waals surface area contributed by atoms with Gasteiger partial charge in [-0.05, 0) is 11.5 Å². The average molecular weight is 154 g/mol. The molecule has 6 heteroatoms. The molecule has 0 aliphatic heterocycles. The highest BCUT2D eigenvalue weighted by Crippen LogP contribution is 1.99. The lowest BCUT2D eigenvalue weighted by Crippen LogP contribution is -2.15. The first-order valence-electron chi connectivity index (χ1n) is 2.31. The van der Waals surface area contributed by atoms with Crippen LogP contribution in [0.25, 0.3) is 0 Å². The quantitative estimate of drug-likeness (QED) is 0.446. The molecule has 0 aliphatic carbocycles. The highest BCUT2D eigenvalue weighted by molar-refractivity contribution is 7.07. The van der Waals surface area contributed by atoms with Crippen LogP contribution < -0.4 is 5.32 Å². The monoisotopic (exact) mass is 154 g/mol. The second-order valence-electron chi connectivity index (χ2n) is 1.35. The lowest BCUT2D eigenvalue weighted by molar-refractivity contribution is 0.0976. The van der Waals surface area contributed by atoms with Gasteiger partial charge in [-0.15, -0.1) is 5.10 Å². The fourth-order valence-electron chi connectivity index (χ4n) is 0.380. The molecule has 0 bridgehead atoms. The van der Waals surface area contributed by atoms with Gasteiger partial charge in [0.05, 0.1) is 6.20 Å². The summed E-state index contributed by atoms with van der Waals surface area (Å²) in [6, 6.07) is 0. The Morgan fingerprint density at radius 2 is 2.70 bits per heavy atom. The van der Waals surface area contributed by atoms with Crippen LogP contribution in [-0.2, 0) is 0 Å². The second-order valence-corrected chi connectivity index (χ2v) is 2.13. The Bertz CT molecular complexity index is 261. The van der Waals surface area contributed by atoms with Crippen LogP contribution in [0.4, 0.5) is 0 Å². The van der Waals surface area contributed by atoms with Crippen LogP contribution in [0.15, 0.2) is 6.20 Å². The van der Waals surface area contributed by atoms with E-state index in [1.54, 1.807) is 0 Å². The van der Waals surface area contributed by atoms with Crippen molar-refractivity contribution in [3.05, 3.63) is 11.1 Å². The van der Waals surface area contributed by atoms with Gasteiger partial charge in [0.25, 0.3) is 5.91 Å². The SMILES string of the molecule is N#CNC(=O)c1cnns1. The molecule has 1 aromatic rings. The molecule has 1 N–H and O–H groups in total.